The highest BCUT2D eigenvalue weighted by atomic mass is 32.1. The van der Waals surface area contributed by atoms with Crippen molar-refractivity contribution in [1.82, 2.24) is 4.98 Å². The van der Waals surface area contributed by atoms with Crippen molar-refractivity contribution in [3.8, 4) is 0 Å². The number of thiazole rings is 1. The molecule has 0 radical (unpaired) electrons. The van der Waals surface area contributed by atoms with Crippen LogP contribution in [-0.4, -0.2) is 10.9 Å². The zero-order valence-corrected chi connectivity index (χ0v) is 9.93. The minimum absolute atomic E-state index is 0.424. The van der Waals surface area contributed by atoms with Gasteiger partial charge in [-0.05, 0) is 26.2 Å². The molecule has 3 nitrogen and oxygen atoms in total. The number of allylic oxidation sites excluding steroid dienone is 2. The van der Waals surface area contributed by atoms with Gasteiger partial charge in [0.1, 0.15) is 0 Å². The number of carbonyl (C=O) groups excluding carboxylic acids is 1. The number of amides is 1. The number of hydrogen-bond acceptors (Lipinski definition) is 3. The summed E-state index contributed by atoms with van der Waals surface area (Å²) in [7, 11) is 0. The first-order chi connectivity index (χ1) is 7.19. The van der Waals surface area contributed by atoms with Crippen LogP contribution in [0.5, 0.6) is 0 Å². The zero-order valence-electron chi connectivity index (χ0n) is 9.12. The molecule has 1 heterocycles. The molecule has 0 aliphatic heterocycles. The smallest absolute Gasteiger partial charge is 0.277 e. The number of primary amides is 1. The van der Waals surface area contributed by atoms with Gasteiger partial charge in [0.05, 0.1) is 5.69 Å². The summed E-state index contributed by atoms with van der Waals surface area (Å²) in [6.07, 6.45) is 6.88. The van der Waals surface area contributed by atoms with Gasteiger partial charge in [-0.15, -0.1) is 11.3 Å². The Bertz CT molecular complexity index is 369. The Balaban J connectivity index is 2.80. The third kappa shape index (κ3) is 3.16. The fraction of sp³-hybridized carbons (Fsp3) is 0.455. The number of nitrogens with zero attached hydrogens (tertiary/aromatic N) is 1. The fourth-order valence-electron chi connectivity index (χ4n) is 1.35. The molecule has 2 N–H and O–H groups in total. The van der Waals surface area contributed by atoms with Crippen LogP contribution in [0.25, 0.3) is 0 Å². The molecule has 1 aromatic rings. The summed E-state index contributed by atoms with van der Waals surface area (Å²) < 4.78 is 0. The van der Waals surface area contributed by atoms with Crippen LogP contribution in [0.4, 0.5) is 0 Å². The van der Waals surface area contributed by atoms with Crippen LogP contribution in [0.15, 0.2) is 12.2 Å². The van der Waals surface area contributed by atoms with E-state index in [1.807, 2.05) is 13.0 Å². The highest BCUT2D eigenvalue weighted by Gasteiger charge is 2.12. The van der Waals surface area contributed by atoms with Crippen molar-refractivity contribution >= 4 is 17.2 Å². The molecule has 4 heteroatoms. The van der Waals surface area contributed by atoms with E-state index in [2.05, 4.69) is 18.0 Å². The van der Waals surface area contributed by atoms with Gasteiger partial charge in [-0.3, -0.25) is 4.79 Å². The summed E-state index contributed by atoms with van der Waals surface area (Å²) in [5, 5.41) is 0.433. The normalized spacial score (nSPS) is 11.1. The molecule has 0 spiro atoms. The molecule has 1 aromatic heterocycles. The second-order valence-electron chi connectivity index (χ2n) is 3.21. The third-order valence-corrected chi connectivity index (χ3v) is 3.35. The number of hydrogen-bond donors (Lipinski definition) is 1. The standard InChI is InChI=1S/C11H16N2OS/c1-3-5-6-7-8-9(4-2)15-11(13-8)10(12)14/h3,5H,4,6-7H2,1-2H3,(H2,12,14)/b5-3-. The fourth-order valence-corrected chi connectivity index (χ4v) is 2.25. The zero-order chi connectivity index (χ0) is 11.3. The van der Waals surface area contributed by atoms with Gasteiger partial charge in [-0.2, -0.15) is 0 Å². The summed E-state index contributed by atoms with van der Waals surface area (Å²) in [4.78, 5) is 16.4. The maximum absolute atomic E-state index is 11.0. The van der Waals surface area contributed by atoms with Gasteiger partial charge < -0.3 is 5.73 Å². The predicted molar refractivity (Wildman–Crippen MR) is 63.1 cm³/mol. The molecule has 82 valence electrons. The lowest BCUT2D eigenvalue weighted by atomic mass is 10.2. The molecule has 0 aliphatic rings. The van der Waals surface area contributed by atoms with Gasteiger partial charge in [-0.25, -0.2) is 4.98 Å². The number of carbonyl (C=O) groups is 1. The Kier molecular flexibility index (Phi) is 4.49. The third-order valence-electron chi connectivity index (χ3n) is 2.09. The van der Waals surface area contributed by atoms with Crippen LogP contribution in [0.1, 0.15) is 40.6 Å². The Morgan fingerprint density at radius 2 is 2.33 bits per heavy atom. The van der Waals surface area contributed by atoms with E-state index in [4.69, 9.17) is 5.73 Å². The van der Waals surface area contributed by atoms with E-state index >= 15 is 0 Å². The number of nitrogens with two attached hydrogens (primary N) is 1. The van der Waals surface area contributed by atoms with E-state index in [1.54, 1.807) is 0 Å². The first-order valence-corrected chi connectivity index (χ1v) is 5.90. The summed E-state index contributed by atoms with van der Waals surface area (Å²) in [6, 6.07) is 0. The average Bonchev–Trinajstić information content (AvgIpc) is 2.62. The Labute approximate surface area is 94.0 Å². The molecule has 0 unspecified atom stereocenters. The van der Waals surface area contributed by atoms with E-state index in [-0.39, 0.29) is 0 Å². The van der Waals surface area contributed by atoms with Crippen molar-refractivity contribution in [2.45, 2.75) is 33.1 Å². The van der Waals surface area contributed by atoms with Gasteiger partial charge >= 0.3 is 0 Å². The van der Waals surface area contributed by atoms with Gasteiger partial charge in [-0.1, -0.05) is 19.1 Å². The van der Waals surface area contributed by atoms with Crippen LogP contribution in [-0.2, 0) is 12.8 Å². The van der Waals surface area contributed by atoms with Crippen molar-refractivity contribution in [3.05, 3.63) is 27.7 Å². The van der Waals surface area contributed by atoms with Gasteiger partial charge in [0.25, 0.3) is 5.91 Å². The van der Waals surface area contributed by atoms with Crippen LogP contribution in [0, 0.1) is 0 Å². The molecule has 0 saturated heterocycles. The van der Waals surface area contributed by atoms with Crippen molar-refractivity contribution < 1.29 is 4.79 Å². The first kappa shape index (κ1) is 11.9. The van der Waals surface area contributed by atoms with Crippen LogP contribution < -0.4 is 5.73 Å². The van der Waals surface area contributed by atoms with Crippen molar-refractivity contribution in [3.63, 3.8) is 0 Å². The largest absolute Gasteiger partial charge is 0.364 e. The predicted octanol–water partition coefficient (Wildman–Crippen LogP) is 2.31. The maximum Gasteiger partial charge on any atom is 0.277 e. The van der Waals surface area contributed by atoms with Gasteiger partial charge in [0, 0.05) is 4.88 Å². The Morgan fingerprint density at radius 3 is 2.87 bits per heavy atom. The van der Waals surface area contributed by atoms with Crippen molar-refractivity contribution in [2.75, 3.05) is 0 Å². The van der Waals surface area contributed by atoms with E-state index in [1.165, 1.54) is 16.2 Å². The molecule has 0 fully saturated rings. The second kappa shape index (κ2) is 5.66. The highest BCUT2D eigenvalue weighted by molar-refractivity contribution is 7.13. The summed E-state index contributed by atoms with van der Waals surface area (Å²) >= 11 is 1.42. The number of rotatable bonds is 5. The molecule has 0 saturated carbocycles. The van der Waals surface area contributed by atoms with E-state index < -0.39 is 5.91 Å². The minimum atomic E-state index is -0.424. The average molecular weight is 224 g/mol. The van der Waals surface area contributed by atoms with E-state index in [0.29, 0.717) is 5.01 Å². The van der Waals surface area contributed by atoms with Crippen LogP contribution >= 0.6 is 11.3 Å². The highest BCUT2D eigenvalue weighted by Crippen LogP contribution is 2.20. The minimum Gasteiger partial charge on any atom is -0.364 e. The lowest BCUT2D eigenvalue weighted by Crippen LogP contribution is -2.10. The molecule has 0 bridgehead atoms. The van der Waals surface area contributed by atoms with Gasteiger partial charge in [0.15, 0.2) is 5.01 Å². The molecule has 0 aliphatic carbocycles. The van der Waals surface area contributed by atoms with Gasteiger partial charge in [0.2, 0.25) is 0 Å². The first-order valence-electron chi connectivity index (χ1n) is 5.08. The second-order valence-corrected chi connectivity index (χ2v) is 4.30. The quantitative estimate of drug-likeness (QED) is 0.780. The monoisotopic (exact) mass is 224 g/mol. The van der Waals surface area contributed by atoms with Crippen LogP contribution in [0.2, 0.25) is 0 Å². The van der Waals surface area contributed by atoms with E-state index in [0.717, 1.165) is 25.0 Å². The van der Waals surface area contributed by atoms with Crippen molar-refractivity contribution in [2.24, 2.45) is 5.73 Å². The maximum atomic E-state index is 11.0. The Morgan fingerprint density at radius 1 is 1.60 bits per heavy atom. The molecule has 1 rings (SSSR count). The SMILES string of the molecule is C/C=C\CCc1nc(C(N)=O)sc1CC. The molecule has 15 heavy (non-hydrogen) atoms. The molecular weight excluding hydrogens is 208 g/mol. The molecule has 0 aromatic carbocycles. The molecular formula is C11H16N2OS. The summed E-state index contributed by atoms with van der Waals surface area (Å²) in [5.41, 5.74) is 6.22. The number of aryl methyl sites for hydroxylation is 2. The molecule has 1 amide bonds. The lowest BCUT2D eigenvalue weighted by Gasteiger charge is -1.95. The Hall–Kier alpha value is -1.16. The van der Waals surface area contributed by atoms with Crippen LogP contribution in [0.3, 0.4) is 0 Å². The topological polar surface area (TPSA) is 56.0 Å². The van der Waals surface area contributed by atoms with Crippen molar-refractivity contribution in [1.29, 1.82) is 0 Å². The summed E-state index contributed by atoms with van der Waals surface area (Å²) in [5.74, 6) is -0.424. The molecule has 0 atom stereocenters. The summed E-state index contributed by atoms with van der Waals surface area (Å²) in [6.45, 7) is 4.06. The number of aromatic nitrogens is 1. The lowest BCUT2D eigenvalue weighted by molar-refractivity contribution is 0.1000. The van der Waals surface area contributed by atoms with E-state index in [9.17, 15) is 4.79 Å².